The standard InChI is InChI=1S/C17H23N5OS/c1-17(2,3)14-10-13(15(23)19-20-16(24)18-4)22(21-14)11-12-8-6-5-7-9-12/h5-10H,11H2,1-4H3,(H,19,23)(H2,18,20,24). The van der Waals surface area contributed by atoms with Gasteiger partial charge in [-0.15, -0.1) is 0 Å². The van der Waals surface area contributed by atoms with Gasteiger partial charge in [0.15, 0.2) is 5.11 Å². The van der Waals surface area contributed by atoms with Crippen molar-refractivity contribution < 1.29 is 4.79 Å². The van der Waals surface area contributed by atoms with Crippen LogP contribution in [0.25, 0.3) is 0 Å². The van der Waals surface area contributed by atoms with Crippen molar-refractivity contribution in [3.63, 3.8) is 0 Å². The number of benzene rings is 1. The van der Waals surface area contributed by atoms with Gasteiger partial charge in [-0.2, -0.15) is 5.10 Å². The molecule has 0 unspecified atom stereocenters. The fourth-order valence-electron chi connectivity index (χ4n) is 2.08. The first-order chi connectivity index (χ1) is 11.3. The third-order valence-corrected chi connectivity index (χ3v) is 3.78. The van der Waals surface area contributed by atoms with Crippen molar-refractivity contribution in [1.29, 1.82) is 0 Å². The molecule has 0 fully saturated rings. The molecule has 24 heavy (non-hydrogen) atoms. The topological polar surface area (TPSA) is 71.0 Å². The number of amides is 1. The molecular weight excluding hydrogens is 322 g/mol. The summed E-state index contributed by atoms with van der Waals surface area (Å²) < 4.78 is 1.72. The Balaban J connectivity index is 2.28. The van der Waals surface area contributed by atoms with E-state index in [1.165, 1.54) is 0 Å². The van der Waals surface area contributed by atoms with Crippen LogP contribution >= 0.6 is 12.2 Å². The third kappa shape index (κ3) is 4.55. The quantitative estimate of drug-likeness (QED) is 0.586. The van der Waals surface area contributed by atoms with Crippen LogP contribution in [0, 0.1) is 0 Å². The van der Waals surface area contributed by atoms with Crippen LogP contribution in [0.3, 0.4) is 0 Å². The number of nitrogens with one attached hydrogen (secondary N) is 3. The van der Waals surface area contributed by atoms with Crippen LogP contribution in [0.1, 0.15) is 42.5 Å². The molecular formula is C17H23N5OS. The van der Waals surface area contributed by atoms with E-state index >= 15 is 0 Å². The lowest BCUT2D eigenvalue weighted by atomic mass is 9.92. The van der Waals surface area contributed by atoms with Gasteiger partial charge in [-0.3, -0.25) is 20.3 Å². The molecule has 0 aliphatic carbocycles. The van der Waals surface area contributed by atoms with Gasteiger partial charge >= 0.3 is 0 Å². The highest BCUT2D eigenvalue weighted by Gasteiger charge is 2.23. The van der Waals surface area contributed by atoms with E-state index in [-0.39, 0.29) is 11.3 Å². The fraction of sp³-hybridized carbons (Fsp3) is 0.353. The number of aromatic nitrogens is 2. The number of hydrogen-bond acceptors (Lipinski definition) is 3. The highest BCUT2D eigenvalue weighted by atomic mass is 32.1. The smallest absolute Gasteiger partial charge is 0.287 e. The molecule has 0 aliphatic rings. The van der Waals surface area contributed by atoms with Gasteiger partial charge in [-0.05, 0) is 23.8 Å². The molecule has 0 bridgehead atoms. The number of carbonyl (C=O) groups is 1. The molecule has 3 N–H and O–H groups in total. The second-order valence-electron chi connectivity index (χ2n) is 6.47. The molecule has 2 rings (SSSR count). The lowest BCUT2D eigenvalue weighted by molar-refractivity contribution is 0.0933. The summed E-state index contributed by atoms with van der Waals surface area (Å²) >= 11 is 4.97. The van der Waals surface area contributed by atoms with Crippen molar-refractivity contribution in [3.05, 3.63) is 53.3 Å². The van der Waals surface area contributed by atoms with Gasteiger partial charge in [-0.25, -0.2) is 0 Å². The summed E-state index contributed by atoms with van der Waals surface area (Å²) in [5.74, 6) is -0.286. The van der Waals surface area contributed by atoms with Gasteiger partial charge in [0.1, 0.15) is 5.69 Å². The Morgan fingerprint density at radius 1 is 1.21 bits per heavy atom. The van der Waals surface area contributed by atoms with Gasteiger partial charge in [0.05, 0.1) is 12.2 Å². The van der Waals surface area contributed by atoms with Gasteiger partial charge in [0.2, 0.25) is 0 Å². The summed E-state index contributed by atoms with van der Waals surface area (Å²) in [6, 6.07) is 11.7. The summed E-state index contributed by atoms with van der Waals surface area (Å²) in [5.41, 5.74) is 7.51. The van der Waals surface area contributed by atoms with Gasteiger partial charge in [0.25, 0.3) is 5.91 Å². The van der Waals surface area contributed by atoms with Crippen LogP contribution in [0.2, 0.25) is 0 Å². The highest BCUT2D eigenvalue weighted by molar-refractivity contribution is 7.80. The van der Waals surface area contributed by atoms with Gasteiger partial charge in [-0.1, -0.05) is 51.1 Å². The van der Waals surface area contributed by atoms with Crippen LogP contribution in [0.5, 0.6) is 0 Å². The van der Waals surface area contributed by atoms with Crippen molar-refractivity contribution in [3.8, 4) is 0 Å². The molecule has 0 spiro atoms. The maximum Gasteiger partial charge on any atom is 0.287 e. The predicted molar refractivity (Wildman–Crippen MR) is 98.7 cm³/mol. The van der Waals surface area contributed by atoms with E-state index in [4.69, 9.17) is 12.2 Å². The summed E-state index contributed by atoms with van der Waals surface area (Å²) in [4.78, 5) is 12.5. The van der Waals surface area contributed by atoms with Gasteiger partial charge in [0, 0.05) is 12.5 Å². The minimum Gasteiger partial charge on any atom is -0.364 e. The SMILES string of the molecule is CNC(=S)NNC(=O)c1cc(C(C)(C)C)nn1Cc1ccccc1. The zero-order valence-corrected chi connectivity index (χ0v) is 15.2. The molecule has 1 amide bonds. The van der Waals surface area contributed by atoms with Gasteiger partial charge < -0.3 is 5.32 Å². The number of carbonyl (C=O) groups excluding carboxylic acids is 1. The Kier molecular flexibility index (Phi) is 5.56. The molecule has 2 aromatic rings. The van der Waals surface area contributed by atoms with Crippen LogP contribution in [-0.2, 0) is 12.0 Å². The largest absolute Gasteiger partial charge is 0.364 e. The second-order valence-corrected chi connectivity index (χ2v) is 6.87. The zero-order chi connectivity index (χ0) is 17.7. The molecule has 6 nitrogen and oxygen atoms in total. The van der Waals surface area contributed by atoms with E-state index in [0.717, 1.165) is 11.3 Å². The third-order valence-electron chi connectivity index (χ3n) is 3.47. The average molecular weight is 345 g/mol. The van der Waals surface area contributed by atoms with Crippen LogP contribution in [0.15, 0.2) is 36.4 Å². The normalized spacial score (nSPS) is 11.0. The second kappa shape index (κ2) is 7.44. The number of nitrogens with zero attached hydrogens (tertiary/aromatic N) is 2. The first kappa shape index (κ1) is 17.9. The maximum absolute atomic E-state index is 12.5. The first-order valence-corrected chi connectivity index (χ1v) is 8.12. The maximum atomic E-state index is 12.5. The molecule has 7 heteroatoms. The lowest BCUT2D eigenvalue weighted by Gasteiger charge is -2.14. The Morgan fingerprint density at radius 2 is 1.88 bits per heavy atom. The van der Waals surface area contributed by atoms with Crippen molar-refractivity contribution in [2.45, 2.75) is 32.7 Å². The lowest BCUT2D eigenvalue weighted by Crippen LogP contribution is -2.46. The molecule has 128 valence electrons. The Morgan fingerprint density at radius 3 is 2.46 bits per heavy atom. The predicted octanol–water partition coefficient (Wildman–Crippen LogP) is 1.97. The van der Waals surface area contributed by atoms with Crippen molar-refractivity contribution in [1.82, 2.24) is 25.9 Å². The summed E-state index contributed by atoms with van der Waals surface area (Å²) in [6.07, 6.45) is 0. The molecule has 1 aromatic carbocycles. The molecule has 1 heterocycles. The summed E-state index contributed by atoms with van der Waals surface area (Å²) in [6.45, 7) is 6.73. The minimum atomic E-state index is -0.286. The van der Waals surface area contributed by atoms with E-state index in [0.29, 0.717) is 17.4 Å². The van der Waals surface area contributed by atoms with Crippen LogP contribution in [-0.4, -0.2) is 27.8 Å². The van der Waals surface area contributed by atoms with E-state index in [1.54, 1.807) is 11.7 Å². The summed E-state index contributed by atoms with van der Waals surface area (Å²) in [7, 11) is 1.68. The van der Waals surface area contributed by atoms with Crippen molar-refractivity contribution in [2.75, 3.05) is 7.05 Å². The number of hydrazine groups is 1. The molecule has 0 saturated heterocycles. The minimum absolute atomic E-state index is 0.148. The number of thiocarbonyl (C=S) groups is 1. The highest BCUT2D eigenvalue weighted by Crippen LogP contribution is 2.22. The van der Waals surface area contributed by atoms with Crippen molar-refractivity contribution in [2.24, 2.45) is 0 Å². The van der Waals surface area contributed by atoms with Crippen LogP contribution < -0.4 is 16.2 Å². The Bertz CT molecular complexity index is 718. The van der Waals surface area contributed by atoms with Crippen molar-refractivity contribution >= 4 is 23.2 Å². The molecule has 0 aliphatic heterocycles. The van der Waals surface area contributed by atoms with E-state index in [2.05, 4.69) is 42.0 Å². The first-order valence-electron chi connectivity index (χ1n) is 7.71. The summed E-state index contributed by atoms with van der Waals surface area (Å²) in [5, 5.41) is 7.70. The van der Waals surface area contributed by atoms with E-state index in [1.807, 2.05) is 36.4 Å². The van der Waals surface area contributed by atoms with E-state index in [9.17, 15) is 4.79 Å². The van der Waals surface area contributed by atoms with Crippen LogP contribution in [0.4, 0.5) is 0 Å². The molecule has 1 aromatic heterocycles. The molecule has 0 atom stereocenters. The average Bonchev–Trinajstić information content (AvgIpc) is 2.97. The fourth-order valence-corrected chi connectivity index (χ4v) is 2.13. The molecule has 0 saturated carbocycles. The van der Waals surface area contributed by atoms with E-state index < -0.39 is 0 Å². The Hall–Kier alpha value is -2.41. The zero-order valence-electron chi connectivity index (χ0n) is 14.4. The Labute approximate surface area is 147 Å². The number of hydrogen-bond donors (Lipinski definition) is 3. The number of rotatable bonds is 3. The molecule has 0 radical (unpaired) electrons. The monoisotopic (exact) mass is 345 g/mol.